The van der Waals surface area contributed by atoms with Crippen molar-refractivity contribution >= 4 is 11.0 Å². The average molecular weight is 231 g/mol. The van der Waals surface area contributed by atoms with Gasteiger partial charge in [-0.25, -0.2) is 0 Å². The smallest absolute Gasteiger partial charge is 0.294 e. The summed E-state index contributed by atoms with van der Waals surface area (Å²) < 4.78 is 5.86. The molecule has 0 amide bonds. The summed E-state index contributed by atoms with van der Waals surface area (Å²) in [6, 6.07) is 8.65. The van der Waals surface area contributed by atoms with Crippen molar-refractivity contribution < 1.29 is 4.74 Å². The van der Waals surface area contributed by atoms with Gasteiger partial charge in [-0.2, -0.15) is 4.98 Å². The lowest BCUT2D eigenvalue weighted by Gasteiger charge is -2.27. The zero-order valence-corrected chi connectivity index (χ0v) is 9.73. The van der Waals surface area contributed by atoms with E-state index in [0.29, 0.717) is 6.01 Å². The molecule has 0 bridgehead atoms. The molecule has 1 fully saturated rings. The van der Waals surface area contributed by atoms with Crippen LogP contribution in [0.2, 0.25) is 0 Å². The molecule has 1 aromatic carbocycles. The minimum absolute atomic E-state index is 0.101. The second kappa shape index (κ2) is 4.37. The predicted octanol–water partition coefficient (Wildman–Crippen LogP) is 2.21. The molecule has 4 heteroatoms. The first-order valence-electron chi connectivity index (χ1n) is 6.20. The summed E-state index contributed by atoms with van der Waals surface area (Å²) in [7, 11) is 0. The number of nitrogens with two attached hydrogens (primary N) is 1. The maximum absolute atomic E-state index is 6.05. The molecule has 1 aromatic heterocycles. The number of nitrogens with one attached hydrogen (secondary N) is 1. The first kappa shape index (κ1) is 10.6. The summed E-state index contributed by atoms with van der Waals surface area (Å²) in [5.74, 6) is 0. The number of ether oxygens (including phenoxy) is 1. The second-order valence-electron chi connectivity index (χ2n) is 4.66. The van der Waals surface area contributed by atoms with Gasteiger partial charge in [0.15, 0.2) is 0 Å². The van der Waals surface area contributed by atoms with Crippen LogP contribution < -0.4 is 10.5 Å². The van der Waals surface area contributed by atoms with Crippen molar-refractivity contribution in [3.63, 3.8) is 0 Å². The number of hydrogen-bond acceptors (Lipinski definition) is 3. The number of benzene rings is 1. The number of fused-ring (bicyclic) bond motifs is 1. The maximum atomic E-state index is 6.05. The zero-order valence-electron chi connectivity index (χ0n) is 9.73. The van der Waals surface area contributed by atoms with Gasteiger partial charge in [0.05, 0.1) is 11.0 Å². The summed E-state index contributed by atoms with van der Waals surface area (Å²) in [6.07, 6.45) is 4.58. The Hall–Kier alpha value is -1.55. The average Bonchev–Trinajstić information content (AvgIpc) is 2.74. The first-order valence-corrected chi connectivity index (χ1v) is 6.20. The molecule has 2 aromatic rings. The van der Waals surface area contributed by atoms with Gasteiger partial charge in [0.1, 0.15) is 6.10 Å². The highest BCUT2D eigenvalue weighted by molar-refractivity contribution is 5.75. The van der Waals surface area contributed by atoms with Gasteiger partial charge in [-0.3, -0.25) is 0 Å². The van der Waals surface area contributed by atoms with Crippen molar-refractivity contribution in [2.45, 2.75) is 37.8 Å². The summed E-state index contributed by atoms with van der Waals surface area (Å²) in [5.41, 5.74) is 8.00. The topological polar surface area (TPSA) is 63.9 Å². The lowest BCUT2D eigenvalue weighted by Crippen LogP contribution is -2.41. The van der Waals surface area contributed by atoms with E-state index in [4.69, 9.17) is 10.5 Å². The van der Waals surface area contributed by atoms with Crippen LogP contribution in [0.5, 0.6) is 6.01 Å². The monoisotopic (exact) mass is 231 g/mol. The molecular formula is C13H17N3O. The van der Waals surface area contributed by atoms with E-state index < -0.39 is 0 Å². The Morgan fingerprint density at radius 2 is 2.06 bits per heavy atom. The standard InChI is InChI=1S/C13H17N3O/c14-9-5-1-4-8-12(9)17-13-15-10-6-2-3-7-11(10)16-13/h2-3,6-7,9,12H,1,4-5,8,14H2,(H,15,16). The molecule has 1 aliphatic rings. The fourth-order valence-corrected chi connectivity index (χ4v) is 2.40. The number of para-hydroxylation sites is 2. The predicted molar refractivity (Wildman–Crippen MR) is 67.0 cm³/mol. The van der Waals surface area contributed by atoms with Crippen molar-refractivity contribution in [1.82, 2.24) is 9.97 Å². The largest absolute Gasteiger partial charge is 0.460 e. The number of imidazole rings is 1. The maximum Gasteiger partial charge on any atom is 0.294 e. The Morgan fingerprint density at radius 3 is 2.88 bits per heavy atom. The summed E-state index contributed by atoms with van der Waals surface area (Å²) in [4.78, 5) is 7.58. The van der Waals surface area contributed by atoms with Crippen molar-refractivity contribution in [1.29, 1.82) is 0 Å². The van der Waals surface area contributed by atoms with E-state index in [0.717, 1.165) is 23.9 Å². The Labute approximate surface area is 100 Å². The Bertz CT molecular complexity index is 475. The molecule has 1 heterocycles. The third kappa shape index (κ3) is 2.13. The highest BCUT2D eigenvalue weighted by Gasteiger charge is 2.24. The number of hydrogen-bond donors (Lipinski definition) is 2. The van der Waals surface area contributed by atoms with Gasteiger partial charge in [0.25, 0.3) is 6.01 Å². The lowest BCUT2D eigenvalue weighted by molar-refractivity contribution is 0.122. The van der Waals surface area contributed by atoms with Crippen molar-refractivity contribution in [2.75, 3.05) is 0 Å². The molecule has 4 nitrogen and oxygen atoms in total. The van der Waals surface area contributed by atoms with Crippen LogP contribution in [0.1, 0.15) is 25.7 Å². The van der Waals surface area contributed by atoms with Crippen LogP contribution >= 0.6 is 0 Å². The molecule has 1 aliphatic carbocycles. The van der Waals surface area contributed by atoms with E-state index in [1.54, 1.807) is 0 Å². The quantitative estimate of drug-likeness (QED) is 0.833. The van der Waals surface area contributed by atoms with Crippen LogP contribution in [0.15, 0.2) is 24.3 Å². The van der Waals surface area contributed by atoms with Crippen LogP contribution in [0.4, 0.5) is 0 Å². The van der Waals surface area contributed by atoms with E-state index in [9.17, 15) is 0 Å². The zero-order chi connectivity index (χ0) is 11.7. The van der Waals surface area contributed by atoms with Crippen molar-refractivity contribution in [3.8, 4) is 6.01 Å². The van der Waals surface area contributed by atoms with Crippen LogP contribution in [-0.4, -0.2) is 22.1 Å². The lowest BCUT2D eigenvalue weighted by atomic mass is 9.93. The van der Waals surface area contributed by atoms with Crippen LogP contribution in [0.25, 0.3) is 11.0 Å². The summed E-state index contributed by atoms with van der Waals surface area (Å²) in [6.45, 7) is 0. The normalized spacial score (nSPS) is 25.0. The number of aromatic amines is 1. The molecule has 0 radical (unpaired) electrons. The number of nitrogens with zero attached hydrogens (tertiary/aromatic N) is 1. The minimum atomic E-state index is 0.101. The molecule has 0 saturated heterocycles. The van der Waals surface area contributed by atoms with Crippen LogP contribution in [-0.2, 0) is 0 Å². The molecule has 0 aliphatic heterocycles. The molecule has 2 unspecified atom stereocenters. The second-order valence-corrected chi connectivity index (χ2v) is 4.66. The number of rotatable bonds is 2. The Balaban J connectivity index is 1.79. The van der Waals surface area contributed by atoms with E-state index in [2.05, 4.69) is 9.97 Å². The first-order chi connectivity index (χ1) is 8.33. The number of H-pyrrole nitrogens is 1. The molecule has 3 rings (SSSR count). The Morgan fingerprint density at radius 1 is 1.24 bits per heavy atom. The fourth-order valence-electron chi connectivity index (χ4n) is 2.40. The van der Waals surface area contributed by atoms with Crippen LogP contribution in [0.3, 0.4) is 0 Å². The van der Waals surface area contributed by atoms with Crippen LogP contribution in [0, 0.1) is 0 Å². The van der Waals surface area contributed by atoms with E-state index in [1.165, 1.54) is 12.8 Å². The molecule has 0 spiro atoms. The molecule has 1 saturated carbocycles. The summed E-state index contributed by atoms with van der Waals surface area (Å²) >= 11 is 0. The third-order valence-electron chi connectivity index (χ3n) is 3.38. The Kier molecular flexibility index (Phi) is 2.73. The van der Waals surface area contributed by atoms with Gasteiger partial charge in [-0.15, -0.1) is 0 Å². The van der Waals surface area contributed by atoms with Gasteiger partial charge in [0.2, 0.25) is 0 Å². The van der Waals surface area contributed by atoms with E-state index in [1.807, 2.05) is 24.3 Å². The van der Waals surface area contributed by atoms with Gasteiger partial charge < -0.3 is 15.5 Å². The minimum Gasteiger partial charge on any atom is -0.460 e. The van der Waals surface area contributed by atoms with Gasteiger partial charge in [-0.05, 0) is 31.4 Å². The molecule has 3 N–H and O–H groups in total. The van der Waals surface area contributed by atoms with Crippen molar-refractivity contribution in [3.05, 3.63) is 24.3 Å². The molecule has 90 valence electrons. The number of aromatic nitrogens is 2. The molecular weight excluding hydrogens is 214 g/mol. The fraction of sp³-hybridized carbons (Fsp3) is 0.462. The van der Waals surface area contributed by atoms with E-state index >= 15 is 0 Å². The highest BCUT2D eigenvalue weighted by Crippen LogP contribution is 2.22. The SMILES string of the molecule is NC1CCCCC1Oc1nc2ccccc2[nH]1. The summed E-state index contributed by atoms with van der Waals surface area (Å²) in [5, 5.41) is 0. The highest BCUT2D eigenvalue weighted by atomic mass is 16.5. The molecule has 17 heavy (non-hydrogen) atoms. The van der Waals surface area contributed by atoms with E-state index in [-0.39, 0.29) is 12.1 Å². The van der Waals surface area contributed by atoms with Gasteiger partial charge in [0, 0.05) is 6.04 Å². The van der Waals surface area contributed by atoms with Crippen molar-refractivity contribution in [2.24, 2.45) is 5.73 Å². The molecule has 2 atom stereocenters. The van der Waals surface area contributed by atoms with Gasteiger partial charge >= 0.3 is 0 Å². The van der Waals surface area contributed by atoms with Gasteiger partial charge in [-0.1, -0.05) is 18.6 Å². The third-order valence-corrected chi connectivity index (χ3v) is 3.38.